The molecule has 0 aliphatic carbocycles. The molecule has 0 bridgehead atoms. The SMILES string of the molecule is COCCN(C(=O)C[C@@H]1C(=O)NCCN1Cc1ccc(OC)cc1F)C(C)C. The molecule has 1 atom stereocenters. The number of hydrogen-bond acceptors (Lipinski definition) is 5. The van der Waals surface area contributed by atoms with Crippen molar-refractivity contribution >= 4 is 11.8 Å². The Balaban J connectivity index is 2.13. The van der Waals surface area contributed by atoms with E-state index in [-0.39, 0.29) is 36.6 Å². The van der Waals surface area contributed by atoms with E-state index in [2.05, 4.69) is 5.32 Å². The summed E-state index contributed by atoms with van der Waals surface area (Å²) in [6.07, 6.45) is 0.0471. The molecule has 1 fully saturated rings. The fourth-order valence-corrected chi connectivity index (χ4v) is 3.32. The number of amides is 2. The van der Waals surface area contributed by atoms with Gasteiger partial charge in [0.1, 0.15) is 11.6 Å². The van der Waals surface area contributed by atoms with E-state index in [9.17, 15) is 14.0 Å². The fraction of sp³-hybridized carbons (Fsp3) is 0.600. The Morgan fingerprint density at radius 3 is 2.75 bits per heavy atom. The van der Waals surface area contributed by atoms with Crippen molar-refractivity contribution in [2.24, 2.45) is 0 Å². The summed E-state index contributed by atoms with van der Waals surface area (Å²) in [5.41, 5.74) is 0.466. The lowest BCUT2D eigenvalue weighted by molar-refractivity contribution is -0.140. The van der Waals surface area contributed by atoms with E-state index in [4.69, 9.17) is 9.47 Å². The van der Waals surface area contributed by atoms with E-state index >= 15 is 0 Å². The summed E-state index contributed by atoms with van der Waals surface area (Å²) in [4.78, 5) is 28.8. The van der Waals surface area contributed by atoms with Gasteiger partial charge in [0.15, 0.2) is 0 Å². The van der Waals surface area contributed by atoms with Crippen molar-refractivity contribution in [3.05, 3.63) is 29.6 Å². The zero-order valence-corrected chi connectivity index (χ0v) is 17.0. The number of carbonyl (C=O) groups is 2. The fourth-order valence-electron chi connectivity index (χ4n) is 3.32. The topological polar surface area (TPSA) is 71.1 Å². The number of ether oxygens (including phenoxy) is 2. The summed E-state index contributed by atoms with van der Waals surface area (Å²) < 4.78 is 24.5. The first-order chi connectivity index (χ1) is 13.4. The molecule has 2 amide bonds. The van der Waals surface area contributed by atoms with Gasteiger partial charge in [-0.25, -0.2) is 4.39 Å². The molecule has 0 radical (unpaired) electrons. The van der Waals surface area contributed by atoms with E-state index in [1.165, 1.54) is 13.2 Å². The predicted octanol–water partition coefficient (Wildman–Crippen LogP) is 1.41. The number of nitrogens with one attached hydrogen (secondary N) is 1. The molecule has 1 aromatic carbocycles. The highest BCUT2D eigenvalue weighted by Gasteiger charge is 2.33. The minimum atomic E-state index is -0.633. The van der Waals surface area contributed by atoms with Crippen molar-refractivity contribution in [1.29, 1.82) is 0 Å². The van der Waals surface area contributed by atoms with Gasteiger partial charge in [0, 0.05) is 51.0 Å². The van der Waals surface area contributed by atoms with Gasteiger partial charge in [0.25, 0.3) is 0 Å². The monoisotopic (exact) mass is 395 g/mol. The van der Waals surface area contributed by atoms with Gasteiger partial charge < -0.3 is 19.7 Å². The molecule has 0 aromatic heterocycles. The number of piperazine rings is 1. The summed E-state index contributed by atoms with van der Waals surface area (Å²) in [6.45, 7) is 6.03. The molecule has 1 N–H and O–H groups in total. The van der Waals surface area contributed by atoms with Crippen molar-refractivity contribution < 1.29 is 23.5 Å². The van der Waals surface area contributed by atoms with Crippen LogP contribution in [0.5, 0.6) is 5.75 Å². The lowest BCUT2D eigenvalue weighted by Gasteiger charge is -2.36. The number of halogens is 1. The van der Waals surface area contributed by atoms with Crippen molar-refractivity contribution in [3.63, 3.8) is 0 Å². The molecular weight excluding hydrogens is 365 g/mol. The van der Waals surface area contributed by atoms with Crippen molar-refractivity contribution in [2.45, 2.75) is 38.9 Å². The van der Waals surface area contributed by atoms with Gasteiger partial charge in [-0.05, 0) is 19.9 Å². The van der Waals surface area contributed by atoms with Crippen LogP contribution in [0.1, 0.15) is 25.8 Å². The molecule has 156 valence electrons. The number of carbonyl (C=O) groups excluding carboxylic acids is 2. The van der Waals surface area contributed by atoms with Crippen LogP contribution in [0.2, 0.25) is 0 Å². The van der Waals surface area contributed by atoms with Crippen LogP contribution < -0.4 is 10.1 Å². The second-order valence-electron chi connectivity index (χ2n) is 7.11. The Morgan fingerprint density at radius 1 is 1.39 bits per heavy atom. The Labute approximate surface area is 165 Å². The summed E-state index contributed by atoms with van der Waals surface area (Å²) in [5, 5.41) is 2.81. The average molecular weight is 395 g/mol. The van der Waals surface area contributed by atoms with Crippen molar-refractivity contribution in [1.82, 2.24) is 15.1 Å². The zero-order chi connectivity index (χ0) is 20.7. The molecule has 1 aromatic rings. The highest BCUT2D eigenvalue weighted by molar-refractivity contribution is 5.89. The standard InChI is InChI=1S/C20H30FN3O4/c1-14(2)24(9-10-27-3)19(25)12-18-20(26)22-7-8-23(18)13-15-5-6-16(28-4)11-17(15)21/h5-6,11,14,18H,7-10,12-13H2,1-4H3,(H,22,26)/t18-/m1/s1. The minimum absolute atomic E-state index is 0.00165. The van der Waals surface area contributed by atoms with Crippen LogP contribution in [0.15, 0.2) is 18.2 Å². The maximum Gasteiger partial charge on any atom is 0.237 e. The third kappa shape index (κ3) is 5.65. The lowest BCUT2D eigenvalue weighted by atomic mass is 10.1. The van der Waals surface area contributed by atoms with Gasteiger partial charge >= 0.3 is 0 Å². The Hall–Kier alpha value is -2.19. The van der Waals surface area contributed by atoms with Crippen LogP contribution in [0.4, 0.5) is 4.39 Å². The molecule has 0 spiro atoms. The number of nitrogens with zero attached hydrogens (tertiary/aromatic N) is 2. The van der Waals surface area contributed by atoms with Gasteiger partial charge in [0.05, 0.1) is 26.2 Å². The normalized spacial score (nSPS) is 17.5. The second kappa shape index (κ2) is 10.4. The first-order valence-corrected chi connectivity index (χ1v) is 9.50. The molecule has 1 aliphatic rings. The lowest BCUT2D eigenvalue weighted by Crippen LogP contribution is -2.56. The summed E-state index contributed by atoms with van der Waals surface area (Å²) in [7, 11) is 3.07. The van der Waals surface area contributed by atoms with Gasteiger partial charge in [-0.2, -0.15) is 0 Å². The second-order valence-corrected chi connectivity index (χ2v) is 7.11. The predicted molar refractivity (Wildman–Crippen MR) is 104 cm³/mol. The Kier molecular flexibility index (Phi) is 8.19. The Bertz CT molecular complexity index is 683. The molecule has 8 heteroatoms. The number of benzene rings is 1. The molecule has 1 saturated heterocycles. The third-order valence-electron chi connectivity index (χ3n) is 4.92. The molecule has 28 heavy (non-hydrogen) atoms. The highest BCUT2D eigenvalue weighted by atomic mass is 19.1. The molecule has 2 rings (SSSR count). The molecule has 1 heterocycles. The van der Waals surface area contributed by atoms with E-state index < -0.39 is 6.04 Å². The molecule has 0 saturated carbocycles. The van der Waals surface area contributed by atoms with Crippen LogP contribution >= 0.6 is 0 Å². The van der Waals surface area contributed by atoms with Crippen LogP contribution in [0.3, 0.4) is 0 Å². The summed E-state index contributed by atoms with van der Waals surface area (Å²) in [6, 6.07) is 4.03. The molecule has 7 nitrogen and oxygen atoms in total. The average Bonchev–Trinajstić information content (AvgIpc) is 2.66. The highest BCUT2D eigenvalue weighted by Crippen LogP contribution is 2.21. The van der Waals surface area contributed by atoms with Crippen LogP contribution in [-0.4, -0.2) is 74.2 Å². The zero-order valence-electron chi connectivity index (χ0n) is 17.0. The van der Waals surface area contributed by atoms with Gasteiger partial charge in [-0.15, -0.1) is 0 Å². The van der Waals surface area contributed by atoms with Crippen LogP contribution in [0.25, 0.3) is 0 Å². The Morgan fingerprint density at radius 2 is 2.14 bits per heavy atom. The number of rotatable bonds is 9. The number of methoxy groups -OCH3 is 2. The summed E-state index contributed by atoms with van der Waals surface area (Å²) in [5.74, 6) is -0.271. The van der Waals surface area contributed by atoms with Crippen LogP contribution in [0, 0.1) is 5.82 Å². The van der Waals surface area contributed by atoms with E-state index in [0.29, 0.717) is 37.6 Å². The maximum absolute atomic E-state index is 14.4. The summed E-state index contributed by atoms with van der Waals surface area (Å²) >= 11 is 0. The smallest absolute Gasteiger partial charge is 0.237 e. The first kappa shape index (κ1) is 22.1. The third-order valence-corrected chi connectivity index (χ3v) is 4.92. The van der Waals surface area contributed by atoms with E-state index in [0.717, 1.165) is 0 Å². The molecule has 0 unspecified atom stereocenters. The minimum Gasteiger partial charge on any atom is -0.497 e. The number of hydrogen-bond donors (Lipinski definition) is 1. The van der Waals surface area contributed by atoms with Crippen molar-refractivity contribution in [2.75, 3.05) is 40.5 Å². The van der Waals surface area contributed by atoms with E-state index in [1.54, 1.807) is 24.1 Å². The van der Waals surface area contributed by atoms with Crippen LogP contribution in [-0.2, 0) is 20.9 Å². The van der Waals surface area contributed by atoms with Gasteiger partial charge in [-0.3, -0.25) is 14.5 Å². The van der Waals surface area contributed by atoms with Gasteiger partial charge in [-0.1, -0.05) is 6.07 Å². The maximum atomic E-state index is 14.4. The van der Waals surface area contributed by atoms with Gasteiger partial charge in [0.2, 0.25) is 11.8 Å². The quantitative estimate of drug-likeness (QED) is 0.685. The van der Waals surface area contributed by atoms with Crippen molar-refractivity contribution in [3.8, 4) is 5.75 Å². The molecule has 1 aliphatic heterocycles. The first-order valence-electron chi connectivity index (χ1n) is 9.50. The largest absolute Gasteiger partial charge is 0.497 e. The van der Waals surface area contributed by atoms with E-state index in [1.807, 2.05) is 18.7 Å². The molecular formula is C20H30FN3O4.